The second kappa shape index (κ2) is 6.31. The molecule has 19 heavy (non-hydrogen) atoms. The predicted molar refractivity (Wildman–Crippen MR) is 75.7 cm³/mol. The van der Waals surface area contributed by atoms with Gasteiger partial charge in [-0.15, -0.1) is 0 Å². The fourth-order valence-electron chi connectivity index (χ4n) is 1.57. The molecule has 1 N–H and O–H groups in total. The lowest BCUT2D eigenvalue weighted by molar-refractivity contribution is -0.385. The molecule has 0 spiro atoms. The zero-order chi connectivity index (χ0) is 14.6. The summed E-state index contributed by atoms with van der Waals surface area (Å²) in [5, 5.41) is 14.2. The van der Waals surface area contributed by atoms with E-state index in [0.29, 0.717) is 17.5 Å². The number of nitrogens with zero attached hydrogens (tertiary/aromatic N) is 4. The molecule has 0 saturated heterocycles. The summed E-state index contributed by atoms with van der Waals surface area (Å²) < 4.78 is 0. The maximum absolute atomic E-state index is 11.2. The highest BCUT2D eigenvalue weighted by molar-refractivity contribution is 5.62. The average Bonchev–Trinajstić information content (AvgIpc) is 2.33. The molecule has 106 valence electrons. The lowest BCUT2D eigenvalue weighted by atomic mass is 10.3. The Morgan fingerprint density at radius 1 is 1.42 bits per heavy atom. The second-order valence-electron chi connectivity index (χ2n) is 4.69. The van der Waals surface area contributed by atoms with Gasteiger partial charge in [-0.2, -0.15) is 4.98 Å². The Morgan fingerprint density at radius 2 is 2.05 bits per heavy atom. The molecule has 0 amide bonds. The van der Waals surface area contributed by atoms with Crippen LogP contribution in [0, 0.1) is 17.0 Å². The van der Waals surface area contributed by atoms with Gasteiger partial charge in [0, 0.05) is 19.6 Å². The SMILES string of the molecule is CCCNc1nc(C)c([N+](=O)[O-])c(N(C)C(C)C)n1. The van der Waals surface area contributed by atoms with Crippen LogP contribution >= 0.6 is 0 Å². The van der Waals surface area contributed by atoms with Crippen LogP contribution in [0.1, 0.15) is 32.9 Å². The van der Waals surface area contributed by atoms with Crippen LogP contribution in [0.4, 0.5) is 17.5 Å². The van der Waals surface area contributed by atoms with Gasteiger partial charge in [-0.3, -0.25) is 10.1 Å². The normalized spacial score (nSPS) is 10.6. The summed E-state index contributed by atoms with van der Waals surface area (Å²) >= 11 is 0. The quantitative estimate of drug-likeness (QED) is 0.629. The van der Waals surface area contributed by atoms with Gasteiger partial charge in [-0.25, -0.2) is 4.98 Å². The second-order valence-corrected chi connectivity index (χ2v) is 4.69. The zero-order valence-electron chi connectivity index (χ0n) is 12.1. The summed E-state index contributed by atoms with van der Waals surface area (Å²) in [6, 6.07) is 0.118. The lowest BCUT2D eigenvalue weighted by Crippen LogP contribution is -2.28. The van der Waals surface area contributed by atoms with Crippen LogP contribution in [0.15, 0.2) is 0 Å². The minimum atomic E-state index is -0.423. The third-order valence-electron chi connectivity index (χ3n) is 2.86. The van der Waals surface area contributed by atoms with Crippen LogP contribution in [0.3, 0.4) is 0 Å². The van der Waals surface area contributed by atoms with E-state index < -0.39 is 4.92 Å². The highest BCUT2D eigenvalue weighted by Crippen LogP contribution is 2.30. The molecule has 0 aliphatic heterocycles. The molecule has 1 heterocycles. The fraction of sp³-hybridized carbons (Fsp3) is 0.667. The summed E-state index contributed by atoms with van der Waals surface area (Å²) in [6.07, 6.45) is 0.939. The average molecular weight is 267 g/mol. The number of nitrogens with one attached hydrogen (secondary N) is 1. The Balaban J connectivity index is 3.28. The van der Waals surface area contributed by atoms with Crippen LogP contribution in [0.5, 0.6) is 0 Å². The Bertz CT molecular complexity index is 462. The molecule has 0 bridgehead atoms. The molecule has 7 nitrogen and oxygen atoms in total. The van der Waals surface area contributed by atoms with Crippen molar-refractivity contribution in [3.8, 4) is 0 Å². The highest BCUT2D eigenvalue weighted by Gasteiger charge is 2.25. The van der Waals surface area contributed by atoms with E-state index in [-0.39, 0.29) is 11.7 Å². The van der Waals surface area contributed by atoms with Crippen molar-refractivity contribution in [1.29, 1.82) is 0 Å². The molecule has 0 aliphatic carbocycles. The molecular formula is C12H21N5O2. The van der Waals surface area contributed by atoms with Gasteiger partial charge in [0.1, 0.15) is 5.69 Å². The van der Waals surface area contributed by atoms with E-state index in [1.807, 2.05) is 20.8 Å². The Morgan fingerprint density at radius 3 is 2.53 bits per heavy atom. The van der Waals surface area contributed by atoms with Crippen LogP contribution in [-0.4, -0.2) is 34.5 Å². The molecule has 1 aromatic heterocycles. The van der Waals surface area contributed by atoms with Crippen molar-refractivity contribution in [1.82, 2.24) is 9.97 Å². The van der Waals surface area contributed by atoms with Gasteiger partial charge in [-0.1, -0.05) is 6.92 Å². The lowest BCUT2D eigenvalue weighted by Gasteiger charge is -2.23. The van der Waals surface area contributed by atoms with Crippen LogP contribution in [-0.2, 0) is 0 Å². The van der Waals surface area contributed by atoms with Crippen molar-refractivity contribution >= 4 is 17.5 Å². The molecule has 1 rings (SSSR count). The first-order chi connectivity index (χ1) is 8.88. The third-order valence-corrected chi connectivity index (χ3v) is 2.86. The smallest absolute Gasteiger partial charge is 0.332 e. The summed E-state index contributed by atoms with van der Waals surface area (Å²) in [5.41, 5.74) is 0.347. The van der Waals surface area contributed by atoms with E-state index in [1.54, 1.807) is 18.9 Å². The molecule has 0 aliphatic rings. The number of aromatic nitrogens is 2. The first kappa shape index (κ1) is 15.1. The first-order valence-corrected chi connectivity index (χ1v) is 6.38. The Kier molecular flexibility index (Phi) is 5.02. The van der Waals surface area contributed by atoms with Gasteiger partial charge in [0.05, 0.1) is 4.92 Å². The fourth-order valence-corrected chi connectivity index (χ4v) is 1.57. The summed E-state index contributed by atoms with van der Waals surface area (Å²) in [6.45, 7) is 8.32. The minimum absolute atomic E-state index is 0.0294. The maximum Gasteiger partial charge on any atom is 0.332 e. The Labute approximate surface area is 113 Å². The summed E-state index contributed by atoms with van der Waals surface area (Å²) in [5.74, 6) is 0.790. The standard InChI is InChI=1S/C12H21N5O2/c1-6-7-13-12-14-9(4)10(17(18)19)11(15-12)16(5)8(2)3/h8H,6-7H2,1-5H3,(H,13,14,15). The van der Waals surface area contributed by atoms with E-state index in [9.17, 15) is 10.1 Å². The van der Waals surface area contributed by atoms with Gasteiger partial charge in [-0.05, 0) is 27.2 Å². The molecule has 0 radical (unpaired) electrons. The van der Waals surface area contributed by atoms with Gasteiger partial charge in [0.25, 0.3) is 0 Å². The highest BCUT2D eigenvalue weighted by atomic mass is 16.6. The molecule has 7 heteroatoms. The van der Waals surface area contributed by atoms with Gasteiger partial charge < -0.3 is 10.2 Å². The number of hydrogen-bond donors (Lipinski definition) is 1. The van der Waals surface area contributed by atoms with E-state index in [4.69, 9.17) is 0 Å². The van der Waals surface area contributed by atoms with Crippen molar-refractivity contribution < 1.29 is 4.92 Å². The molecule has 0 unspecified atom stereocenters. The zero-order valence-corrected chi connectivity index (χ0v) is 12.1. The number of aryl methyl sites for hydroxylation is 1. The summed E-state index contributed by atoms with van der Waals surface area (Å²) in [4.78, 5) is 21.0. The van der Waals surface area contributed by atoms with E-state index >= 15 is 0 Å². The number of anilines is 2. The number of rotatable bonds is 6. The molecule has 0 aromatic carbocycles. The topological polar surface area (TPSA) is 84.2 Å². The van der Waals surface area contributed by atoms with Gasteiger partial charge in [0.15, 0.2) is 0 Å². The molecule has 0 fully saturated rings. The van der Waals surface area contributed by atoms with Crippen LogP contribution < -0.4 is 10.2 Å². The van der Waals surface area contributed by atoms with Crippen LogP contribution in [0.2, 0.25) is 0 Å². The number of nitro groups is 1. The molecule has 0 saturated carbocycles. The van der Waals surface area contributed by atoms with Crippen LogP contribution in [0.25, 0.3) is 0 Å². The summed E-state index contributed by atoms with van der Waals surface area (Å²) in [7, 11) is 1.79. The minimum Gasteiger partial charge on any atom is -0.354 e. The van der Waals surface area contributed by atoms with Crippen molar-refractivity contribution in [3.05, 3.63) is 15.8 Å². The molecule has 0 atom stereocenters. The van der Waals surface area contributed by atoms with E-state index in [2.05, 4.69) is 15.3 Å². The number of hydrogen-bond acceptors (Lipinski definition) is 6. The molecule has 1 aromatic rings. The van der Waals surface area contributed by atoms with Gasteiger partial charge >= 0.3 is 5.69 Å². The predicted octanol–water partition coefficient (Wildman–Crippen LogP) is 2.36. The molecular weight excluding hydrogens is 246 g/mol. The third kappa shape index (κ3) is 3.52. The maximum atomic E-state index is 11.2. The van der Waals surface area contributed by atoms with Crippen molar-refractivity contribution in [3.63, 3.8) is 0 Å². The Hall–Kier alpha value is -1.92. The van der Waals surface area contributed by atoms with Crippen molar-refractivity contribution in [2.75, 3.05) is 23.8 Å². The van der Waals surface area contributed by atoms with Gasteiger partial charge in [0.2, 0.25) is 11.8 Å². The van der Waals surface area contributed by atoms with Crippen molar-refractivity contribution in [2.45, 2.75) is 40.2 Å². The first-order valence-electron chi connectivity index (χ1n) is 6.38. The largest absolute Gasteiger partial charge is 0.354 e. The monoisotopic (exact) mass is 267 g/mol. The van der Waals surface area contributed by atoms with E-state index in [1.165, 1.54) is 0 Å². The van der Waals surface area contributed by atoms with E-state index in [0.717, 1.165) is 13.0 Å². The van der Waals surface area contributed by atoms with Crippen molar-refractivity contribution in [2.24, 2.45) is 0 Å².